The summed E-state index contributed by atoms with van der Waals surface area (Å²) in [6.45, 7) is 2.29. The van der Waals surface area contributed by atoms with Gasteiger partial charge in [0.1, 0.15) is 0 Å². The molecule has 32 heavy (non-hydrogen) atoms. The number of rotatable bonds is 9. The molecule has 3 N–H and O–H groups in total. The van der Waals surface area contributed by atoms with Crippen LogP contribution in [-0.4, -0.2) is 30.7 Å². The van der Waals surface area contributed by atoms with Crippen LogP contribution in [0.1, 0.15) is 21.5 Å². The minimum absolute atomic E-state index is 0.163. The van der Waals surface area contributed by atoms with Crippen LogP contribution in [-0.2, 0) is 11.3 Å². The third-order valence-corrected chi connectivity index (χ3v) is 5.38. The van der Waals surface area contributed by atoms with E-state index in [1.54, 1.807) is 30.3 Å². The highest BCUT2D eigenvalue weighted by molar-refractivity contribution is 9.10. The summed E-state index contributed by atoms with van der Waals surface area (Å²) in [6, 6.07) is 17.6. The van der Waals surface area contributed by atoms with Gasteiger partial charge in [-0.3, -0.25) is 4.79 Å². The molecule has 3 rings (SSSR count). The molecular formula is C24H23BrN2O5. The summed E-state index contributed by atoms with van der Waals surface area (Å²) in [5, 5.41) is 15.0. The average molecular weight is 499 g/mol. The molecule has 0 radical (unpaired) electrons. The van der Waals surface area contributed by atoms with Gasteiger partial charge in [0, 0.05) is 22.4 Å². The van der Waals surface area contributed by atoms with Crippen LogP contribution >= 0.6 is 15.9 Å². The quantitative estimate of drug-likeness (QED) is 0.380. The molecule has 0 heterocycles. The van der Waals surface area contributed by atoms with E-state index in [4.69, 9.17) is 14.6 Å². The zero-order valence-corrected chi connectivity index (χ0v) is 19.2. The second-order valence-electron chi connectivity index (χ2n) is 7.03. The largest absolute Gasteiger partial charge is 0.493 e. The van der Waals surface area contributed by atoms with Gasteiger partial charge in [0.15, 0.2) is 18.1 Å². The molecule has 0 fully saturated rings. The number of benzene rings is 3. The van der Waals surface area contributed by atoms with E-state index in [1.807, 2.05) is 37.3 Å². The molecule has 0 aliphatic rings. The fourth-order valence-electron chi connectivity index (χ4n) is 2.89. The number of halogens is 1. The molecule has 0 saturated carbocycles. The second-order valence-corrected chi connectivity index (χ2v) is 7.89. The van der Waals surface area contributed by atoms with Crippen molar-refractivity contribution in [1.29, 1.82) is 0 Å². The van der Waals surface area contributed by atoms with E-state index in [-0.39, 0.29) is 18.1 Å². The van der Waals surface area contributed by atoms with Crippen molar-refractivity contribution in [1.82, 2.24) is 0 Å². The first-order valence-corrected chi connectivity index (χ1v) is 10.6. The minimum Gasteiger partial charge on any atom is -0.493 e. The molecular weight excluding hydrogens is 476 g/mol. The van der Waals surface area contributed by atoms with Crippen LogP contribution in [0.15, 0.2) is 65.1 Å². The lowest BCUT2D eigenvalue weighted by molar-refractivity contribution is -0.118. The van der Waals surface area contributed by atoms with Crippen LogP contribution in [0, 0.1) is 6.92 Å². The molecule has 0 bridgehead atoms. The van der Waals surface area contributed by atoms with Gasteiger partial charge in [-0.15, -0.1) is 0 Å². The number of carbonyl (C=O) groups is 2. The van der Waals surface area contributed by atoms with Crippen LogP contribution in [0.25, 0.3) is 0 Å². The molecule has 0 aliphatic heterocycles. The lowest BCUT2D eigenvalue weighted by atomic mass is 10.1. The predicted octanol–water partition coefficient (Wildman–Crippen LogP) is 5.09. The molecule has 0 saturated heterocycles. The fraction of sp³-hybridized carbons (Fsp3) is 0.167. The molecule has 3 aromatic carbocycles. The van der Waals surface area contributed by atoms with E-state index >= 15 is 0 Å². The van der Waals surface area contributed by atoms with Crippen molar-refractivity contribution in [2.24, 2.45) is 0 Å². The summed E-state index contributed by atoms with van der Waals surface area (Å²) >= 11 is 3.53. The van der Waals surface area contributed by atoms with E-state index < -0.39 is 5.97 Å². The third-order valence-electron chi connectivity index (χ3n) is 4.64. The summed E-state index contributed by atoms with van der Waals surface area (Å²) in [7, 11) is 1.53. The van der Waals surface area contributed by atoms with Crippen molar-refractivity contribution in [3.8, 4) is 11.5 Å². The van der Waals surface area contributed by atoms with E-state index in [1.165, 1.54) is 7.11 Å². The first-order chi connectivity index (χ1) is 15.4. The Hall–Kier alpha value is -3.52. The van der Waals surface area contributed by atoms with Crippen LogP contribution in [0.4, 0.5) is 11.4 Å². The van der Waals surface area contributed by atoms with E-state index in [9.17, 15) is 9.59 Å². The number of carboxylic acid groups (broad SMARTS) is 1. The highest BCUT2D eigenvalue weighted by atomic mass is 79.9. The van der Waals surface area contributed by atoms with Gasteiger partial charge in [-0.1, -0.05) is 33.6 Å². The lowest BCUT2D eigenvalue weighted by Gasteiger charge is -2.15. The van der Waals surface area contributed by atoms with E-state index in [0.717, 1.165) is 21.3 Å². The number of hydrogen-bond acceptors (Lipinski definition) is 5. The fourth-order valence-corrected chi connectivity index (χ4v) is 3.35. The number of carboxylic acids is 1. The number of nitrogens with one attached hydrogen (secondary N) is 2. The number of aromatic carboxylic acids is 1. The molecule has 1 amide bonds. The van der Waals surface area contributed by atoms with Gasteiger partial charge in [-0.05, 0) is 61.0 Å². The normalized spacial score (nSPS) is 10.3. The minimum atomic E-state index is -0.966. The topological polar surface area (TPSA) is 96.9 Å². The number of ether oxygens (including phenoxy) is 2. The lowest BCUT2D eigenvalue weighted by Crippen LogP contribution is -2.20. The monoisotopic (exact) mass is 498 g/mol. The van der Waals surface area contributed by atoms with Gasteiger partial charge in [0.05, 0.1) is 12.7 Å². The van der Waals surface area contributed by atoms with Crippen LogP contribution in [0.3, 0.4) is 0 Å². The number of hydrogen-bond donors (Lipinski definition) is 3. The van der Waals surface area contributed by atoms with Crippen LogP contribution < -0.4 is 20.1 Å². The van der Waals surface area contributed by atoms with Crippen molar-refractivity contribution < 1.29 is 24.2 Å². The molecule has 0 aromatic heterocycles. The second kappa shape index (κ2) is 10.7. The smallest absolute Gasteiger partial charge is 0.335 e. The Morgan fingerprint density at radius 2 is 1.62 bits per heavy atom. The highest BCUT2D eigenvalue weighted by Gasteiger charge is 2.13. The molecule has 0 aliphatic carbocycles. The van der Waals surface area contributed by atoms with E-state index in [2.05, 4.69) is 26.6 Å². The van der Waals surface area contributed by atoms with Crippen molar-refractivity contribution in [3.63, 3.8) is 0 Å². The zero-order chi connectivity index (χ0) is 23.1. The molecule has 0 spiro atoms. The summed E-state index contributed by atoms with van der Waals surface area (Å²) < 4.78 is 11.9. The standard InChI is InChI=1S/C24H23BrN2O5/c1-15-3-7-19(8-4-15)27-23(28)14-32-22-12-20(25)17(11-21(22)31-2)13-26-18-9-5-16(6-10-18)24(29)30/h3-12,26H,13-14H2,1-2H3,(H,27,28)(H,29,30). The highest BCUT2D eigenvalue weighted by Crippen LogP contribution is 2.34. The van der Waals surface area contributed by atoms with Crippen molar-refractivity contribution >= 4 is 39.2 Å². The number of amides is 1. The van der Waals surface area contributed by atoms with Gasteiger partial charge in [0.25, 0.3) is 5.91 Å². The average Bonchev–Trinajstić information content (AvgIpc) is 2.78. The predicted molar refractivity (Wildman–Crippen MR) is 127 cm³/mol. The summed E-state index contributed by atoms with van der Waals surface area (Å²) in [5.41, 5.74) is 3.73. The Kier molecular flexibility index (Phi) is 7.72. The SMILES string of the molecule is COc1cc(CNc2ccc(C(=O)O)cc2)c(Br)cc1OCC(=O)Nc1ccc(C)cc1. The van der Waals surface area contributed by atoms with Gasteiger partial charge in [-0.2, -0.15) is 0 Å². The number of anilines is 2. The van der Waals surface area contributed by atoms with Gasteiger partial charge < -0.3 is 25.2 Å². The molecule has 166 valence electrons. The van der Waals surface area contributed by atoms with Gasteiger partial charge in [-0.25, -0.2) is 4.79 Å². The number of aryl methyl sites for hydroxylation is 1. The Labute approximate surface area is 194 Å². The van der Waals surface area contributed by atoms with Crippen molar-refractivity contribution in [3.05, 3.63) is 81.8 Å². The first kappa shape index (κ1) is 23.1. The maximum atomic E-state index is 12.2. The van der Waals surface area contributed by atoms with Crippen LogP contribution in [0.2, 0.25) is 0 Å². The Morgan fingerprint density at radius 3 is 2.25 bits per heavy atom. The summed E-state index contributed by atoms with van der Waals surface area (Å²) in [5.74, 6) is -0.308. The Morgan fingerprint density at radius 1 is 0.969 bits per heavy atom. The molecule has 8 heteroatoms. The molecule has 0 unspecified atom stereocenters. The Bertz CT molecular complexity index is 1100. The molecule has 0 atom stereocenters. The number of methoxy groups -OCH3 is 1. The van der Waals surface area contributed by atoms with Crippen molar-refractivity contribution in [2.45, 2.75) is 13.5 Å². The first-order valence-electron chi connectivity index (χ1n) is 9.78. The maximum absolute atomic E-state index is 12.2. The van der Waals surface area contributed by atoms with Gasteiger partial charge >= 0.3 is 5.97 Å². The summed E-state index contributed by atoms with van der Waals surface area (Å²) in [4.78, 5) is 23.2. The number of carbonyl (C=O) groups excluding carboxylic acids is 1. The van der Waals surface area contributed by atoms with Crippen molar-refractivity contribution in [2.75, 3.05) is 24.4 Å². The molecule has 7 nitrogen and oxygen atoms in total. The summed E-state index contributed by atoms with van der Waals surface area (Å²) in [6.07, 6.45) is 0. The Balaban J connectivity index is 1.61. The third kappa shape index (κ3) is 6.24. The molecule has 3 aromatic rings. The van der Waals surface area contributed by atoms with Gasteiger partial charge in [0.2, 0.25) is 0 Å². The van der Waals surface area contributed by atoms with Crippen LogP contribution in [0.5, 0.6) is 11.5 Å². The van der Waals surface area contributed by atoms with E-state index in [0.29, 0.717) is 23.7 Å². The zero-order valence-electron chi connectivity index (χ0n) is 17.6. The maximum Gasteiger partial charge on any atom is 0.335 e.